The molecule has 2 heterocycles. The molecule has 7 nitrogen and oxygen atoms in total. The van der Waals surface area contributed by atoms with E-state index in [-0.39, 0.29) is 17.6 Å². The number of ether oxygens (including phenoxy) is 1. The van der Waals surface area contributed by atoms with E-state index in [0.29, 0.717) is 11.1 Å². The summed E-state index contributed by atoms with van der Waals surface area (Å²) in [4.78, 5) is 30.7. The van der Waals surface area contributed by atoms with E-state index in [1.165, 1.54) is 12.0 Å². The zero-order valence-electron chi connectivity index (χ0n) is 18.3. The Morgan fingerprint density at radius 1 is 1.03 bits per heavy atom. The number of hydrogen-bond donors (Lipinski definition) is 2. The monoisotopic (exact) mass is 434 g/mol. The molecule has 2 aromatic carbocycles. The lowest BCUT2D eigenvalue weighted by atomic mass is 9.95. The fraction of sp³-hybridized carbons (Fsp3) is 0.440. The van der Waals surface area contributed by atoms with Crippen molar-refractivity contribution in [2.45, 2.75) is 44.7 Å². The average Bonchev–Trinajstić information content (AvgIpc) is 3.16. The van der Waals surface area contributed by atoms with Crippen molar-refractivity contribution in [3.8, 4) is 0 Å². The topological polar surface area (TPSA) is 79.4 Å². The van der Waals surface area contributed by atoms with E-state index in [1.54, 1.807) is 12.1 Å². The third-order valence-corrected chi connectivity index (χ3v) is 6.64. The molecule has 0 atom stereocenters. The first kappa shape index (κ1) is 21.0. The lowest BCUT2D eigenvalue weighted by Crippen LogP contribution is -2.35. The fourth-order valence-electron chi connectivity index (χ4n) is 4.89. The summed E-state index contributed by atoms with van der Waals surface area (Å²) in [7, 11) is 0. The van der Waals surface area contributed by atoms with Crippen LogP contribution < -0.4 is 11.0 Å². The predicted octanol–water partition coefficient (Wildman–Crippen LogP) is 3.92. The first-order valence-electron chi connectivity index (χ1n) is 11.6. The van der Waals surface area contributed by atoms with Crippen LogP contribution in [-0.4, -0.2) is 46.7 Å². The summed E-state index contributed by atoms with van der Waals surface area (Å²) >= 11 is 0. The van der Waals surface area contributed by atoms with Crippen LogP contribution in [0.1, 0.15) is 54.1 Å². The maximum Gasteiger partial charge on any atom is 0.326 e. The van der Waals surface area contributed by atoms with Gasteiger partial charge in [-0.05, 0) is 48.7 Å². The smallest absolute Gasteiger partial charge is 0.326 e. The highest BCUT2D eigenvalue weighted by Crippen LogP contribution is 2.29. The maximum absolute atomic E-state index is 12.8. The number of aromatic amines is 1. The molecule has 7 heteroatoms. The molecule has 3 aromatic rings. The second-order valence-electron chi connectivity index (χ2n) is 8.86. The minimum absolute atomic E-state index is 0.0830. The van der Waals surface area contributed by atoms with Crippen LogP contribution in [0, 0.1) is 0 Å². The minimum atomic E-state index is -0.181. The number of aromatic nitrogens is 2. The molecule has 5 rings (SSSR count). The highest BCUT2D eigenvalue weighted by Gasteiger charge is 2.20. The van der Waals surface area contributed by atoms with Gasteiger partial charge in [-0.15, -0.1) is 0 Å². The predicted molar refractivity (Wildman–Crippen MR) is 125 cm³/mol. The summed E-state index contributed by atoms with van der Waals surface area (Å²) in [5.41, 5.74) is 4.02. The quantitative estimate of drug-likeness (QED) is 0.638. The highest BCUT2D eigenvalue weighted by molar-refractivity contribution is 6.05. The van der Waals surface area contributed by atoms with Crippen molar-refractivity contribution in [3.05, 3.63) is 64.1 Å². The summed E-state index contributed by atoms with van der Waals surface area (Å²) in [5, 5.41) is 2.97. The van der Waals surface area contributed by atoms with Crippen molar-refractivity contribution in [2.75, 3.05) is 31.6 Å². The molecule has 2 fully saturated rings. The molecular formula is C25H30N4O3. The largest absolute Gasteiger partial charge is 0.379 e. The van der Waals surface area contributed by atoms with Crippen molar-refractivity contribution in [1.82, 2.24) is 14.5 Å². The number of carbonyl (C=O) groups excluding carboxylic acids is 1. The number of anilines is 1. The second kappa shape index (κ2) is 9.30. The number of amides is 1. The van der Waals surface area contributed by atoms with E-state index in [0.717, 1.165) is 69.7 Å². The van der Waals surface area contributed by atoms with E-state index < -0.39 is 0 Å². The van der Waals surface area contributed by atoms with Crippen molar-refractivity contribution < 1.29 is 9.53 Å². The Labute approximate surface area is 187 Å². The summed E-state index contributed by atoms with van der Waals surface area (Å²) in [6.45, 7) is 4.36. The maximum atomic E-state index is 12.8. The Morgan fingerprint density at radius 2 is 1.78 bits per heavy atom. The summed E-state index contributed by atoms with van der Waals surface area (Å²) in [6, 6.07) is 13.7. The van der Waals surface area contributed by atoms with Crippen molar-refractivity contribution >= 4 is 22.6 Å². The lowest BCUT2D eigenvalue weighted by molar-refractivity contribution is 0.0342. The number of morpholine rings is 1. The molecule has 168 valence electrons. The second-order valence-corrected chi connectivity index (χ2v) is 8.86. The Balaban J connectivity index is 1.28. The SMILES string of the molecule is O=C(Nc1ccc(CN2CCOCC2)cc1)c1ccc2c(c1)[nH]c(=O)n2C1CCCCC1. The zero-order valence-corrected chi connectivity index (χ0v) is 18.3. The number of carbonyl (C=O) groups is 1. The number of fused-ring (bicyclic) bond motifs is 1. The number of hydrogen-bond acceptors (Lipinski definition) is 4. The highest BCUT2D eigenvalue weighted by atomic mass is 16.5. The molecular weight excluding hydrogens is 404 g/mol. The Bertz CT molecular complexity index is 1140. The van der Waals surface area contributed by atoms with Gasteiger partial charge in [-0.1, -0.05) is 31.4 Å². The van der Waals surface area contributed by atoms with E-state index >= 15 is 0 Å². The Hall–Kier alpha value is -2.90. The molecule has 0 bridgehead atoms. The van der Waals surface area contributed by atoms with Gasteiger partial charge in [0.25, 0.3) is 5.91 Å². The molecule has 1 amide bonds. The average molecular weight is 435 g/mol. The van der Waals surface area contributed by atoms with Crippen LogP contribution in [-0.2, 0) is 11.3 Å². The van der Waals surface area contributed by atoms with Crippen molar-refractivity contribution in [2.24, 2.45) is 0 Å². The summed E-state index contributed by atoms with van der Waals surface area (Å²) in [5.74, 6) is -0.181. The lowest BCUT2D eigenvalue weighted by Gasteiger charge is -2.26. The third-order valence-electron chi connectivity index (χ3n) is 6.64. The van der Waals surface area contributed by atoms with Gasteiger partial charge in [0.2, 0.25) is 0 Å². The van der Waals surface area contributed by atoms with E-state index in [2.05, 4.69) is 27.3 Å². The van der Waals surface area contributed by atoms with Crippen LogP contribution in [0.5, 0.6) is 0 Å². The van der Waals surface area contributed by atoms with Gasteiger partial charge in [0, 0.05) is 36.9 Å². The Kier molecular flexibility index (Phi) is 6.10. The molecule has 1 aliphatic carbocycles. The van der Waals surface area contributed by atoms with Crippen LogP contribution in [0.3, 0.4) is 0 Å². The number of H-pyrrole nitrogens is 1. The molecule has 0 unspecified atom stereocenters. The third kappa shape index (κ3) is 4.49. The van der Waals surface area contributed by atoms with Gasteiger partial charge in [-0.25, -0.2) is 4.79 Å². The van der Waals surface area contributed by atoms with Crippen molar-refractivity contribution in [1.29, 1.82) is 0 Å². The first-order valence-corrected chi connectivity index (χ1v) is 11.6. The fourth-order valence-corrected chi connectivity index (χ4v) is 4.89. The molecule has 32 heavy (non-hydrogen) atoms. The molecule has 1 saturated heterocycles. The molecule has 2 aliphatic rings. The van der Waals surface area contributed by atoms with E-state index in [1.807, 2.05) is 22.8 Å². The molecule has 1 saturated carbocycles. The number of rotatable bonds is 5. The number of nitrogens with zero attached hydrogens (tertiary/aromatic N) is 2. The number of nitrogens with one attached hydrogen (secondary N) is 2. The summed E-state index contributed by atoms with van der Waals surface area (Å²) < 4.78 is 7.28. The standard InChI is InChI=1S/C25H30N4O3/c30-24(26-20-9-6-18(7-10-20)17-28-12-14-32-15-13-28)19-8-11-23-22(16-19)27-25(31)29(23)21-4-2-1-3-5-21/h6-11,16,21H,1-5,12-15,17H2,(H,26,30)(H,27,31). The van der Waals surface area contributed by atoms with Gasteiger partial charge in [0.1, 0.15) is 0 Å². The Morgan fingerprint density at radius 3 is 2.53 bits per heavy atom. The summed E-state index contributed by atoms with van der Waals surface area (Å²) in [6.07, 6.45) is 5.64. The van der Waals surface area contributed by atoms with Crippen molar-refractivity contribution in [3.63, 3.8) is 0 Å². The van der Waals surface area contributed by atoms with Gasteiger partial charge < -0.3 is 15.0 Å². The van der Waals surface area contributed by atoms with Gasteiger partial charge in [-0.3, -0.25) is 14.3 Å². The molecule has 1 aromatic heterocycles. The van der Waals surface area contributed by atoms with Gasteiger partial charge in [-0.2, -0.15) is 0 Å². The van der Waals surface area contributed by atoms with Gasteiger partial charge in [0.05, 0.1) is 24.2 Å². The van der Waals surface area contributed by atoms with E-state index in [4.69, 9.17) is 4.74 Å². The van der Waals surface area contributed by atoms with E-state index in [9.17, 15) is 9.59 Å². The van der Waals surface area contributed by atoms with Crippen LogP contribution >= 0.6 is 0 Å². The van der Waals surface area contributed by atoms with Crippen LogP contribution in [0.25, 0.3) is 11.0 Å². The molecule has 1 aliphatic heterocycles. The molecule has 0 spiro atoms. The van der Waals surface area contributed by atoms with Gasteiger partial charge in [0.15, 0.2) is 0 Å². The minimum Gasteiger partial charge on any atom is -0.379 e. The number of benzene rings is 2. The van der Waals surface area contributed by atoms with Gasteiger partial charge >= 0.3 is 5.69 Å². The number of imidazole rings is 1. The van der Waals surface area contributed by atoms with Crippen LogP contribution in [0.4, 0.5) is 5.69 Å². The molecule has 0 radical (unpaired) electrons. The van der Waals surface area contributed by atoms with Crippen LogP contribution in [0.15, 0.2) is 47.3 Å². The zero-order chi connectivity index (χ0) is 21.9. The normalized spacial score (nSPS) is 18.1. The van der Waals surface area contributed by atoms with Crippen LogP contribution in [0.2, 0.25) is 0 Å². The first-order chi connectivity index (χ1) is 15.7. The molecule has 2 N–H and O–H groups in total.